The van der Waals surface area contributed by atoms with E-state index in [0.29, 0.717) is 30.4 Å². The molecule has 0 saturated carbocycles. The van der Waals surface area contributed by atoms with Crippen LogP contribution in [0.3, 0.4) is 0 Å². The van der Waals surface area contributed by atoms with Gasteiger partial charge in [0.1, 0.15) is 11.4 Å². The predicted octanol–water partition coefficient (Wildman–Crippen LogP) is 3.51. The van der Waals surface area contributed by atoms with Crippen LogP contribution in [0.5, 0.6) is 0 Å². The number of carboxylic acid groups (broad SMARTS) is 1. The number of aromatic nitrogens is 4. The van der Waals surface area contributed by atoms with Crippen molar-refractivity contribution in [2.24, 2.45) is 5.92 Å². The Kier molecular flexibility index (Phi) is 6.88. The standard InChI is InChI=1S/C24H29N5O4/c1-17(2)15-27(24(31)32)20-5-3-4-18(12-20)13-22-23(30)6-9-28(26-22)21-14-25-29(16-21)19-7-10-33-11-8-19/h3-6,9,12,14,16-17,19H,7-8,10-11,13,15H2,1-2H3,(H,31,32). The molecule has 9 heteroatoms. The Balaban J connectivity index is 1.56. The zero-order valence-corrected chi connectivity index (χ0v) is 18.9. The molecule has 1 aliphatic heterocycles. The fourth-order valence-corrected chi connectivity index (χ4v) is 4.00. The van der Waals surface area contributed by atoms with Crippen molar-refractivity contribution in [3.05, 3.63) is 70.4 Å². The molecule has 1 fully saturated rings. The summed E-state index contributed by atoms with van der Waals surface area (Å²) < 4.78 is 9.02. The van der Waals surface area contributed by atoms with Gasteiger partial charge in [-0.25, -0.2) is 9.48 Å². The van der Waals surface area contributed by atoms with E-state index in [2.05, 4.69) is 10.2 Å². The minimum atomic E-state index is -0.998. The highest BCUT2D eigenvalue weighted by molar-refractivity contribution is 5.86. The molecule has 0 spiro atoms. The number of ether oxygens (including phenoxy) is 1. The van der Waals surface area contributed by atoms with E-state index in [1.807, 2.05) is 30.8 Å². The lowest BCUT2D eigenvalue weighted by Gasteiger charge is -2.22. The summed E-state index contributed by atoms with van der Waals surface area (Å²) in [7, 11) is 0. The van der Waals surface area contributed by atoms with Gasteiger partial charge in [0.2, 0.25) is 5.43 Å². The molecule has 4 rings (SSSR count). The lowest BCUT2D eigenvalue weighted by atomic mass is 10.1. The van der Waals surface area contributed by atoms with Crippen LogP contribution in [-0.2, 0) is 11.2 Å². The molecule has 33 heavy (non-hydrogen) atoms. The molecule has 1 aromatic carbocycles. The van der Waals surface area contributed by atoms with Crippen LogP contribution in [0.4, 0.5) is 10.5 Å². The molecule has 0 bridgehead atoms. The second kappa shape index (κ2) is 9.99. The van der Waals surface area contributed by atoms with Crippen LogP contribution < -0.4 is 10.3 Å². The van der Waals surface area contributed by atoms with Gasteiger partial charge in [0, 0.05) is 44.1 Å². The molecular formula is C24H29N5O4. The molecule has 3 aromatic rings. The van der Waals surface area contributed by atoms with Gasteiger partial charge in [0.15, 0.2) is 0 Å². The average Bonchev–Trinajstić information content (AvgIpc) is 3.30. The summed E-state index contributed by atoms with van der Waals surface area (Å²) in [5.74, 6) is 0.190. The van der Waals surface area contributed by atoms with Crippen LogP contribution in [0.2, 0.25) is 0 Å². The Hall–Kier alpha value is -3.46. The molecule has 1 aliphatic rings. The summed E-state index contributed by atoms with van der Waals surface area (Å²) in [6.45, 7) is 5.80. The Morgan fingerprint density at radius 2 is 2.06 bits per heavy atom. The number of benzene rings is 1. The first-order valence-electron chi connectivity index (χ1n) is 11.2. The van der Waals surface area contributed by atoms with Gasteiger partial charge in [-0.05, 0) is 36.5 Å². The molecule has 0 atom stereocenters. The van der Waals surface area contributed by atoms with Crippen molar-refractivity contribution in [2.75, 3.05) is 24.7 Å². The summed E-state index contributed by atoms with van der Waals surface area (Å²) >= 11 is 0. The second-order valence-corrected chi connectivity index (χ2v) is 8.73. The van der Waals surface area contributed by atoms with E-state index in [1.54, 1.807) is 35.3 Å². The van der Waals surface area contributed by atoms with Gasteiger partial charge in [-0.3, -0.25) is 14.4 Å². The number of rotatable bonds is 7. The largest absolute Gasteiger partial charge is 0.465 e. The van der Waals surface area contributed by atoms with Crippen LogP contribution in [-0.4, -0.2) is 50.5 Å². The van der Waals surface area contributed by atoms with Crippen LogP contribution in [0.25, 0.3) is 5.69 Å². The smallest absolute Gasteiger partial charge is 0.411 e. The van der Waals surface area contributed by atoms with Gasteiger partial charge in [-0.15, -0.1) is 0 Å². The highest BCUT2D eigenvalue weighted by atomic mass is 16.5. The maximum atomic E-state index is 12.5. The molecule has 9 nitrogen and oxygen atoms in total. The first-order chi connectivity index (χ1) is 15.9. The first kappa shape index (κ1) is 22.7. The van der Waals surface area contributed by atoms with Crippen molar-refractivity contribution in [1.82, 2.24) is 19.6 Å². The maximum Gasteiger partial charge on any atom is 0.411 e. The third-order valence-corrected chi connectivity index (χ3v) is 5.67. The number of hydrogen-bond acceptors (Lipinski definition) is 5. The van der Waals surface area contributed by atoms with Crippen LogP contribution >= 0.6 is 0 Å². The third kappa shape index (κ3) is 5.48. The van der Waals surface area contributed by atoms with E-state index in [-0.39, 0.29) is 11.3 Å². The first-order valence-corrected chi connectivity index (χ1v) is 11.2. The molecule has 0 unspecified atom stereocenters. The summed E-state index contributed by atoms with van der Waals surface area (Å²) in [6, 6.07) is 9.05. The summed E-state index contributed by atoms with van der Waals surface area (Å²) in [5, 5.41) is 18.6. The summed E-state index contributed by atoms with van der Waals surface area (Å²) in [4.78, 5) is 25.6. The molecular weight excluding hydrogens is 422 g/mol. The molecule has 1 N–H and O–H groups in total. The molecule has 0 aliphatic carbocycles. The fourth-order valence-electron chi connectivity index (χ4n) is 4.00. The number of amides is 1. The van der Waals surface area contributed by atoms with Crippen molar-refractivity contribution in [3.63, 3.8) is 0 Å². The average molecular weight is 452 g/mol. The van der Waals surface area contributed by atoms with E-state index in [9.17, 15) is 14.7 Å². The number of carbonyl (C=O) groups is 1. The zero-order valence-electron chi connectivity index (χ0n) is 18.9. The van der Waals surface area contributed by atoms with Gasteiger partial charge in [-0.1, -0.05) is 26.0 Å². The van der Waals surface area contributed by atoms with Crippen molar-refractivity contribution < 1.29 is 14.6 Å². The van der Waals surface area contributed by atoms with Gasteiger partial charge in [-0.2, -0.15) is 10.2 Å². The minimum absolute atomic E-state index is 0.161. The lowest BCUT2D eigenvalue weighted by Crippen LogP contribution is -2.32. The van der Waals surface area contributed by atoms with Gasteiger partial charge in [0.25, 0.3) is 0 Å². The van der Waals surface area contributed by atoms with Crippen LogP contribution in [0, 0.1) is 5.92 Å². The molecule has 174 valence electrons. The van der Waals surface area contributed by atoms with E-state index in [1.165, 1.54) is 11.0 Å². The Bertz CT molecular complexity index is 1160. The van der Waals surface area contributed by atoms with Gasteiger partial charge in [0.05, 0.1) is 18.4 Å². The van der Waals surface area contributed by atoms with E-state index in [4.69, 9.17) is 4.74 Å². The summed E-state index contributed by atoms with van der Waals surface area (Å²) in [5.41, 5.74) is 2.42. The normalized spacial score (nSPS) is 14.5. The van der Waals surface area contributed by atoms with Crippen molar-refractivity contribution in [1.29, 1.82) is 0 Å². The van der Waals surface area contributed by atoms with Crippen molar-refractivity contribution in [2.45, 2.75) is 39.2 Å². The van der Waals surface area contributed by atoms with Crippen molar-refractivity contribution >= 4 is 11.8 Å². The van der Waals surface area contributed by atoms with Gasteiger partial charge < -0.3 is 9.84 Å². The number of anilines is 1. The second-order valence-electron chi connectivity index (χ2n) is 8.73. The molecule has 0 radical (unpaired) electrons. The predicted molar refractivity (Wildman–Crippen MR) is 124 cm³/mol. The maximum absolute atomic E-state index is 12.5. The highest BCUT2D eigenvalue weighted by Crippen LogP contribution is 2.22. The lowest BCUT2D eigenvalue weighted by molar-refractivity contribution is 0.0662. The Labute approximate surface area is 192 Å². The van der Waals surface area contributed by atoms with E-state index < -0.39 is 6.09 Å². The zero-order chi connectivity index (χ0) is 23.4. The molecule has 1 saturated heterocycles. The topological polar surface area (TPSA) is 102 Å². The Morgan fingerprint density at radius 1 is 1.27 bits per heavy atom. The van der Waals surface area contributed by atoms with E-state index >= 15 is 0 Å². The van der Waals surface area contributed by atoms with E-state index in [0.717, 1.165) is 37.3 Å². The monoisotopic (exact) mass is 451 g/mol. The number of hydrogen-bond donors (Lipinski definition) is 1. The van der Waals surface area contributed by atoms with Crippen LogP contribution in [0.15, 0.2) is 53.7 Å². The minimum Gasteiger partial charge on any atom is -0.465 e. The molecule has 3 heterocycles. The Morgan fingerprint density at radius 3 is 2.79 bits per heavy atom. The quantitative estimate of drug-likeness (QED) is 0.590. The fraction of sp³-hybridized carbons (Fsp3) is 0.417. The van der Waals surface area contributed by atoms with Crippen molar-refractivity contribution in [3.8, 4) is 5.69 Å². The molecule has 2 aromatic heterocycles. The summed E-state index contributed by atoms with van der Waals surface area (Å²) in [6.07, 6.45) is 6.47. The SMILES string of the molecule is CC(C)CN(C(=O)O)c1cccc(Cc2nn(-c3cnn(C4CCOCC4)c3)ccc2=O)c1. The number of nitrogens with zero attached hydrogens (tertiary/aromatic N) is 5. The molecule has 1 amide bonds. The highest BCUT2D eigenvalue weighted by Gasteiger charge is 2.18. The third-order valence-electron chi connectivity index (χ3n) is 5.67. The van der Waals surface area contributed by atoms with Gasteiger partial charge >= 0.3 is 6.09 Å². The van der Waals surface area contributed by atoms with Crippen LogP contribution in [0.1, 0.15) is 44.0 Å².